The van der Waals surface area contributed by atoms with Crippen LogP contribution in [0.4, 0.5) is 0 Å². The Morgan fingerprint density at radius 3 is 1.93 bits per heavy atom. The van der Waals surface area contributed by atoms with Gasteiger partial charge in [0.05, 0.1) is 12.8 Å². The van der Waals surface area contributed by atoms with Gasteiger partial charge in [-0.25, -0.2) is 0 Å². The molecule has 29 heavy (non-hydrogen) atoms. The van der Waals surface area contributed by atoms with Crippen LogP contribution in [0.15, 0.2) is 90.0 Å². The molecule has 0 saturated carbocycles. The lowest BCUT2D eigenvalue weighted by Crippen LogP contribution is -2.03. The fourth-order valence-corrected chi connectivity index (χ4v) is 3.37. The minimum Gasteiger partial charge on any atom is -0.480 e. The average molecular weight is 381 g/mol. The van der Waals surface area contributed by atoms with Crippen molar-refractivity contribution >= 4 is 5.71 Å². The number of benzene rings is 3. The molecule has 0 amide bonds. The van der Waals surface area contributed by atoms with Gasteiger partial charge in [0.2, 0.25) is 5.88 Å². The summed E-state index contributed by atoms with van der Waals surface area (Å²) in [7, 11) is 1.65. The van der Waals surface area contributed by atoms with Crippen LogP contribution >= 0.6 is 0 Å². The van der Waals surface area contributed by atoms with Gasteiger partial charge in [-0.05, 0) is 30.5 Å². The Morgan fingerprint density at radius 1 is 0.793 bits per heavy atom. The largest absolute Gasteiger partial charge is 0.480 e. The van der Waals surface area contributed by atoms with E-state index in [0.717, 1.165) is 28.1 Å². The van der Waals surface area contributed by atoms with E-state index in [2.05, 4.69) is 41.5 Å². The van der Waals surface area contributed by atoms with E-state index in [1.807, 2.05) is 62.4 Å². The fourth-order valence-electron chi connectivity index (χ4n) is 3.37. The van der Waals surface area contributed by atoms with Gasteiger partial charge in [0.15, 0.2) is 0 Å². The molecule has 0 atom stereocenters. The molecule has 0 spiro atoms. The standard InChI is InChI=1S/C25H23N3O/c1-18-24(23-12-8-5-9-13-23)27-28(25(18)29-3)26-19(2)20-14-16-22(17-15-20)21-10-6-4-7-11-21/h4-17H,1-3H3. The van der Waals surface area contributed by atoms with E-state index in [-0.39, 0.29) is 0 Å². The molecule has 0 N–H and O–H groups in total. The molecule has 0 radical (unpaired) electrons. The lowest BCUT2D eigenvalue weighted by molar-refractivity contribution is 0.368. The topological polar surface area (TPSA) is 39.4 Å². The van der Waals surface area contributed by atoms with Gasteiger partial charge in [-0.1, -0.05) is 84.9 Å². The maximum Gasteiger partial charge on any atom is 0.238 e. The normalized spacial score (nSPS) is 11.5. The molecule has 0 aliphatic heterocycles. The maximum absolute atomic E-state index is 5.59. The molecule has 0 aliphatic carbocycles. The Hall–Kier alpha value is -3.66. The molecule has 0 saturated heterocycles. The van der Waals surface area contributed by atoms with Crippen LogP contribution in [0.3, 0.4) is 0 Å². The first-order chi connectivity index (χ1) is 14.2. The van der Waals surface area contributed by atoms with Crippen molar-refractivity contribution in [2.75, 3.05) is 7.11 Å². The van der Waals surface area contributed by atoms with Gasteiger partial charge < -0.3 is 4.74 Å². The van der Waals surface area contributed by atoms with E-state index in [4.69, 9.17) is 9.84 Å². The second-order valence-corrected chi connectivity index (χ2v) is 6.87. The van der Waals surface area contributed by atoms with Crippen molar-refractivity contribution in [3.63, 3.8) is 0 Å². The summed E-state index contributed by atoms with van der Waals surface area (Å²) in [5.74, 6) is 0.643. The quantitative estimate of drug-likeness (QED) is 0.410. The lowest BCUT2D eigenvalue weighted by atomic mass is 10.0. The Bertz CT molecular complexity index is 1130. The van der Waals surface area contributed by atoms with Gasteiger partial charge in [-0.15, -0.1) is 9.89 Å². The van der Waals surface area contributed by atoms with E-state index < -0.39 is 0 Å². The average Bonchev–Trinajstić information content (AvgIpc) is 3.10. The third-order valence-corrected chi connectivity index (χ3v) is 4.95. The number of nitrogens with zero attached hydrogens (tertiary/aromatic N) is 3. The Kier molecular flexibility index (Phi) is 5.25. The first-order valence-electron chi connectivity index (χ1n) is 9.58. The molecule has 3 aromatic carbocycles. The van der Waals surface area contributed by atoms with Crippen molar-refractivity contribution in [1.82, 2.24) is 9.89 Å². The number of hydrogen-bond acceptors (Lipinski definition) is 3. The van der Waals surface area contributed by atoms with Crippen LogP contribution in [0.5, 0.6) is 5.88 Å². The van der Waals surface area contributed by atoms with Gasteiger partial charge in [0, 0.05) is 11.1 Å². The van der Waals surface area contributed by atoms with Gasteiger partial charge >= 0.3 is 0 Å². The summed E-state index contributed by atoms with van der Waals surface area (Å²) in [6, 6.07) is 28.8. The van der Waals surface area contributed by atoms with E-state index in [9.17, 15) is 0 Å². The highest BCUT2D eigenvalue weighted by Crippen LogP contribution is 2.29. The predicted molar refractivity (Wildman–Crippen MR) is 118 cm³/mol. The van der Waals surface area contributed by atoms with Crippen molar-refractivity contribution < 1.29 is 4.74 Å². The fraction of sp³-hybridized carbons (Fsp3) is 0.120. The van der Waals surface area contributed by atoms with E-state index in [1.54, 1.807) is 11.9 Å². The summed E-state index contributed by atoms with van der Waals surface area (Å²) in [6.45, 7) is 3.99. The minimum atomic E-state index is 0.643. The Morgan fingerprint density at radius 2 is 1.34 bits per heavy atom. The van der Waals surface area contributed by atoms with Crippen molar-refractivity contribution in [3.8, 4) is 28.3 Å². The molecule has 4 heteroatoms. The number of aromatic nitrogens is 2. The zero-order chi connectivity index (χ0) is 20.2. The Balaban J connectivity index is 1.67. The zero-order valence-corrected chi connectivity index (χ0v) is 16.8. The highest BCUT2D eigenvalue weighted by atomic mass is 16.5. The molecule has 0 fully saturated rings. The smallest absolute Gasteiger partial charge is 0.238 e. The molecular weight excluding hydrogens is 358 g/mol. The van der Waals surface area contributed by atoms with Gasteiger partial charge in [0.25, 0.3) is 0 Å². The summed E-state index contributed by atoms with van der Waals surface area (Å²) < 4.78 is 5.59. The molecule has 4 aromatic rings. The van der Waals surface area contributed by atoms with Gasteiger partial charge in [-0.3, -0.25) is 0 Å². The van der Waals surface area contributed by atoms with Crippen LogP contribution < -0.4 is 4.74 Å². The molecule has 0 unspecified atom stereocenters. The number of methoxy groups -OCH3 is 1. The van der Waals surface area contributed by atoms with Gasteiger partial charge in [0.1, 0.15) is 5.69 Å². The van der Waals surface area contributed by atoms with E-state index in [1.165, 1.54) is 11.1 Å². The molecule has 4 nitrogen and oxygen atoms in total. The maximum atomic E-state index is 5.59. The summed E-state index contributed by atoms with van der Waals surface area (Å²) >= 11 is 0. The van der Waals surface area contributed by atoms with Crippen molar-refractivity contribution in [1.29, 1.82) is 0 Å². The first kappa shape index (κ1) is 18.7. The van der Waals surface area contributed by atoms with Gasteiger partial charge in [-0.2, -0.15) is 5.10 Å². The minimum absolute atomic E-state index is 0.643. The summed E-state index contributed by atoms with van der Waals surface area (Å²) in [4.78, 5) is 1.58. The summed E-state index contributed by atoms with van der Waals surface area (Å²) in [6.07, 6.45) is 0. The number of rotatable bonds is 5. The van der Waals surface area contributed by atoms with Crippen LogP contribution in [-0.2, 0) is 0 Å². The third kappa shape index (κ3) is 3.83. The molecular formula is C25H23N3O. The van der Waals surface area contributed by atoms with E-state index >= 15 is 0 Å². The van der Waals surface area contributed by atoms with Crippen LogP contribution in [0, 0.1) is 6.92 Å². The third-order valence-electron chi connectivity index (χ3n) is 4.95. The predicted octanol–water partition coefficient (Wildman–Crippen LogP) is 5.81. The molecule has 1 heterocycles. The highest BCUT2D eigenvalue weighted by molar-refractivity contribution is 5.99. The number of hydrogen-bond donors (Lipinski definition) is 0. The Labute approximate surface area is 171 Å². The van der Waals surface area contributed by atoms with Crippen LogP contribution in [-0.4, -0.2) is 22.7 Å². The van der Waals surface area contributed by atoms with Crippen molar-refractivity contribution in [3.05, 3.63) is 96.1 Å². The van der Waals surface area contributed by atoms with Crippen LogP contribution in [0.1, 0.15) is 18.1 Å². The van der Waals surface area contributed by atoms with E-state index in [0.29, 0.717) is 5.88 Å². The zero-order valence-electron chi connectivity index (χ0n) is 16.8. The lowest BCUT2D eigenvalue weighted by Gasteiger charge is -2.06. The molecule has 4 rings (SSSR count). The molecule has 0 bridgehead atoms. The van der Waals surface area contributed by atoms with Crippen LogP contribution in [0.2, 0.25) is 0 Å². The molecule has 0 aliphatic rings. The first-order valence-corrected chi connectivity index (χ1v) is 9.58. The highest BCUT2D eigenvalue weighted by Gasteiger charge is 2.16. The second kappa shape index (κ2) is 8.15. The summed E-state index contributed by atoms with van der Waals surface area (Å²) in [5, 5.41) is 9.39. The van der Waals surface area contributed by atoms with Crippen molar-refractivity contribution in [2.45, 2.75) is 13.8 Å². The summed E-state index contributed by atoms with van der Waals surface area (Å²) in [5.41, 5.74) is 7.17. The van der Waals surface area contributed by atoms with Crippen LogP contribution in [0.25, 0.3) is 22.4 Å². The van der Waals surface area contributed by atoms with Crippen molar-refractivity contribution in [2.24, 2.45) is 5.10 Å². The second-order valence-electron chi connectivity index (χ2n) is 6.87. The molecule has 144 valence electrons. The monoisotopic (exact) mass is 381 g/mol. The number of ether oxygens (including phenoxy) is 1. The SMILES string of the molecule is COc1c(C)c(-c2ccccc2)nn1N=C(C)c1ccc(-c2ccccc2)cc1. The molecule has 1 aromatic heterocycles.